The zero-order valence-electron chi connectivity index (χ0n) is 9.01. The largest absolute Gasteiger partial charge is 0.491 e. The van der Waals surface area contributed by atoms with Crippen molar-refractivity contribution in [3.05, 3.63) is 29.3 Å². The number of hydrogen-bond donors (Lipinski definition) is 0. The molecule has 0 aliphatic heterocycles. The van der Waals surface area contributed by atoms with Crippen LogP contribution in [0.5, 0.6) is 5.75 Å². The van der Waals surface area contributed by atoms with E-state index in [9.17, 15) is 0 Å². The zero-order valence-corrected chi connectivity index (χ0v) is 9.77. The third-order valence-corrected chi connectivity index (χ3v) is 2.17. The molecule has 0 atom stereocenters. The topological polar surface area (TPSA) is 9.23 Å². The van der Waals surface area contributed by atoms with Crippen molar-refractivity contribution in [2.24, 2.45) is 0 Å². The van der Waals surface area contributed by atoms with Gasteiger partial charge >= 0.3 is 0 Å². The van der Waals surface area contributed by atoms with Gasteiger partial charge in [-0.2, -0.15) is 0 Å². The Kier molecular flexibility index (Phi) is 4.27. The minimum Gasteiger partial charge on any atom is -0.491 e. The summed E-state index contributed by atoms with van der Waals surface area (Å²) in [5.41, 5.74) is 2.45. The van der Waals surface area contributed by atoms with Crippen molar-refractivity contribution in [2.45, 2.75) is 33.3 Å². The van der Waals surface area contributed by atoms with E-state index in [-0.39, 0.29) is 6.10 Å². The van der Waals surface area contributed by atoms with Crippen LogP contribution in [0.1, 0.15) is 25.0 Å². The molecule has 14 heavy (non-hydrogen) atoms. The first kappa shape index (κ1) is 11.4. The smallest absolute Gasteiger partial charge is 0.122 e. The molecule has 0 amide bonds. The first-order valence-corrected chi connectivity index (χ1v) is 5.49. The zero-order chi connectivity index (χ0) is 10.6. The summed E-state index contributed by atoms with van der Waals surface area (Å²) in [6.45, 7) is 6.13. The predicted molar refractivity (Wildman–Crippen MR) is 61.4 cm³/mol. The van der Waals surface area contributed by atoms with Gasteiger partial charge in [0.25, 0.3) is 0 Å². The van der Waals surface area contributed by atoms with Gasteiger partial charge in [0.1, 0.15) is 5.75 Å². The molecule has 0 aromatic heterocycles. The number of halogens is 1. The molecule has 1 rings (SSSR count). The third-order valence-electron chi connectivity index (χ3n) is 1.99. The first-order chi connectivity index (χ1) is 6.63. The Hall–Kier alpha value is -0.690. The molecular weight excluding hydrogens is 196 g/mol. The maximum Gasteiger partial charge on any atom is 0.122 e. The van der Waals surface area contributed by atoms with Gasteiger partial charge < -0.3 is 4.74 Å². The van der Waals surface area contributed by atoms with E-state index >= 15 is 0 Å². The van der Waals surface area contributed by atoms with Gasteiger partial charge in [-0.3, -0.25) is 0 Å². The molecule has 0 heterocycles. The molecule has 1 nitrogen and oxygen atoms in total. The average Bonchev–Trinajstić information content (AvgIpc) is 2.10. The fourth-order valence-corrected chi connectivity index (χ4v) is 1.58. The minimum absolute atomic E-state index is 0.229. The molecule has 0 saturated carbocycles. The van der Waals surface area contributed by atoms with Gasteiger partial charge in [0.2, 0.25) is 0 Å². The lowest BCUT2D eigenvalue weighted by Crippen LogP contribution is -2.06. The second kappa shape index (κ2) is 5.26. The molecular formula is C12H17ClO. The summed E-state index contributed by atoms with van der Waals surface area (Å²) in [6.07, 6.45) is 1.15. The molecule has 0 unspecified atom stereocenters. The summed E-state index contributed by atoms with van der Waals surface area (Å²) < 4.78 is 5.65. The summed E-state index contributed by atoms with van der Waals surface area (Å²) in [5, 5.41) is 0. The number of benzene rings is 1. The van der Waals surface area contributed by atoms with Gasteiger partial charge in [-0.1, -0.05) is 12.1 Å². The van der Waals surface area contributed by atoms with E-state index in [0.717, 1.165) is 12.2 Å². The van der Waals surface area contributed by atoms with Crippen LogP contribution in [0.15, 0.2) is 18.2 Å². The van der Waals surface area contributed by atoms with E-state index in [1.54, 1.807) is 0 Å². The Morgan fingerprint density at radius 3 is 2.57 bits per heavy atom. The molecule has 78 valence electrons. The van der Waals surface area contributed by atoms with E-state index < -0.39 is 0 Å². The third kappa shape index (κ3) is 3.22. The van der Waals surface area contributed by atoms with Gasteiger partial charge in [-0.25, -0.2) is 0 Å². The highest BCUT2D eigenvalue weighted by Gasteiger charge is 2.02. The van der Waals surface area contributed by atoms with Gasteiger partial charge in [-0.15, -0.1) is 11.6 Å². The molecule has 0 saturated heterocycles. The minimum atomic E-state index is 0.229. The number of ether oxygens (including phenoxy) is 1. The molecule has 0 spiro atoms. The second-order valence-electron chi connectivity index (χ2n) is 3.71. The summed E-state index contributed by atoms with van der Waals surface area (Å²) >= 11 is 5.68. The Balaban J connectivity index is 2.79. The Morgan fingerprint density at radius 1 is 1.36 bits per heavy atom. The molecule has 1 aromatic rings. The second-order valence-corrected chi connectivity index (χ2v) is 4.08. The fourth-order valence-electron chi connectivity index (χ4n) is 1.36. The lowest BCUT2D eigenvalue weighted by molar-refractivity contribution is 0.240. The lowest BCUT2D eigenvalue weighted by atomic mass is 10.1. The average molecular weight is 213 g/mol. The SMILES string of the molecule is Cc1cc(CCCl)ccc1OC(C)C. The highest BCUT2D eigenvalue weighted by molar-refractivity contribution is 6.17. The Bertz CT molecular complexity index is 294. The summed E-state index contributed by atoms with van der Waals surface area (Å²) in [6, 6.07) is 6.24. The van der Waals surface area contributed by atoms with Crippen molar-refractivity contribution in [1.29, 1.82) is 0 Å². The lowest BCUT2D eigenvalue weighted by Gasteiger charge is -2.13. The molecule has 0 fully saturated rings. The normalized spacial score (nSPS) is 10.6. The van der Waals surface area contributed by atoms with Crippen LogP contribution in [-0.4, -0.2) is 12.0 Å². The highest BCUT2D eigenvalue weighted by atomic mass is 35.5. The van der Waals surface area contributed by atoms with Gasteiger partial charge in [0.15, 0.2) is 0 Å². The van der Waals surface area contributed by atoms with Crippen LogP contribution in [0, 0.1) is 6.92 Å². The number of rotatable bonds is 4. The molecule has 2 heteroatoms. The summed E-state index contributed by atoms with van der Waals surface area (Å²) in [7, 11) is 0. The standard InChI is InChI=1S/C12H17ClO/c1-9(2)14-12-5-4-11(6-7-13)8-10(12)3/h4-5,8-9H,6-7H2,1-3H3. The molecule has 0 bridgehead atoms. The van der Waals surface area contributed by atoms with Crippen LogP contribution in [0.25, 0.3) is 0 Å². The van der Waals surface area contributed by atoms with Crippen molar-refractivity contribution >= 4 is 11.6 Å². The number of alkyl halides is 1. The summed E-state index contributed by atoms with van der Waals surface area (Å²) in [4.78, 5) is 0. The van der Waals surface area contributed by atoms with E-state index in [2.05, 4.69) is 19.1 Å². The molecule has 1 aromatic carbocycles. The predicted octanol–water partition coefficient (Wildman–Crippen LogP) is 3.56. The number of aryl methyl sites for hydroxylation is 2. The van der Waals surface area contributed by atoms with Crippen LogP contribution in [0.2, 0.25) is 0 Å². The van der Waals surface area contributed by atoms with Crippen LogP contribution in [0.4, 0.5) is 0 Å². The van der Waals surface area contributed by atoms with Crippen LogP contribution < -0.4 is 4.74 Å². The first-order valence-electron chi connectivity index (χ1n) is 4.95. The quantitative estimate of drug-likeness (QED) is 0.694. The highest BCUT2D eigenvalue weighted by Crippen LogP contribution is 2.20. The molecule has 0 aliphatic rings. The Morgan fingerprint density at radius 2 is 2.07 bits per heavy atom. The van der Waals surface area contributed by atoms with E-state index in [4.69, 9.17) is 16.3 Å². The van der Waals surface area contributed by atoms with Crippen molar-refractivity contribution in [3.8, 4) is 5.75 Å². The van der Waals surface area contributed by atoms with Crippen LogP contribution in [-0.2, 0) is 6.42 Å². The van der Waals surface area contributed by atoms with E-state index in [1.807, 2.05) is 19.9 Å². The fraction of sp³-hybridized carbons (Fsp3) is 0.500. The Labute approximate surface area is 91.0 Å². The van der Waals surface area contributed by atoms with Crippen molar-refractivity contribution in [1.82, 2.24) is 0 Å². The monoisotopic (exact) mass is 212 g/mol. The van der Waals surface area contributed by atoms with Gasteiger partial charge in [0.05, 0.1) is 6.10 Å². The van der Waals surface area contributed by atoms with E-state index in [1.165, 1.54) is 11.1 Å². The van der Waals surface area contributed by atoms with Gasteiger partial charge in [-0.05, 0) is 44.4 Å². The van der Waals surface area contributed by atoms with Crippen molar-refractivity contribution < 1.29 is 4.74 Å². The van der Waals surface area contributed by atoms with Gasteiger partial charge in [0, 0.05) is 5.88 Å². The number of hydrogen-bond acceptors (Lipinski definition) is 1. The molecule has 0 N–H and O–H groups in total. The van der Waals surface area contributed by atoms with Crippen LogP contribution in [0.3, 0.4) is 0 Å². The summed E-state index contributed by atoms with van der Waals surface area (Å²) in [5.74, 6) is 1.64. The maximum atomic E-state index is 5.68. The molecule has 0 aliphatic carbocycles. The van der Waals surface area contributed by atoms with E-state index in [0.29, 0.717) is 5.88 Å². The maximum absolute atomic E-state index is 5.68. The van der Waals surface area contributed by atoms with Crippen LogP contribution >= 0.6 is 11.6 Å². The van der Waals surface area contributed by atoms with Crippen molar-refractivity contribution in [2.75, 3.05) is 5.88 Å². The molecule has 0 radical (unpaired) electrons. The van der Waals surface area contributed by atoms with Crippen molar-refractivity contribution in [3.63, 3.8) is 0 Å².